The van der Waals surface area contributed by atoms with Crippen LogP contribution in [0.25, 0.3) is 0 Å². The van der Waals surface area contributed by atoms with Gasteiger partial charge in [0.2, 0.25) is 0 Å². The second-order valence-corrected chi connectivity index (χ2v) is 10.3. The van der Waals surface area contributed by atoms with E-state index in [-0.39, 0.29) is 0 Å². The summed E-state index contributed by atoms with van der Waals surface area (Å²) in [6.07, 6.45) is 1.06. The fraction of sp³-hybridized carbons (Fsp3) is 0.314. The zero-order valence-electron chi connectivity index (χ0n) is 23.3. The van der Waals surface area contributed by atoms with E-state index in [0.717, 1.165) is 57.2 Å². The van der Waals surface area contributed by atoms with E-state index in [0.29, 0.717) is 26.4 Å². The molecule has 0 amide bonds. The van der Waals surface area contributed by atoms with Crippen molar-refractivity contribution in [1.82, 2.24) is 9.80 Å². The minimum atomic E-state index is 0.515. The minimum absolute atomic E-state index is 0.515. The molecule has 0 aromatic heterocycles. The van der Waals surface area contributed by atoms with Gasteiger partial charge in [0, 0.05) is 50.4 Å². The zero-order valence-corrected chi connectivity index (χ0v) is 23.3. The Bertz CT molecular complexity index is 1180. The topological polar surface area (TPSA) is 34.2 Å². The quantitative estimate of drug-likeness (QED) is 0.295. The first-order valence-electron chi connectivity index (χ1n) is 14.4. The number of hydrogen-bond acceptors (Lipinski definition) is 5. The number of ether oxygens (including phenoxy) is 3. The van der Waals surface area contributed by atoms with Crippen LogP contribution >= 0.6 is 0 Å². The van der Waals surface area contributed by atoms with Gasteiger partial charge >= 0.3 is 0 Å². The third kappa shape index (κ3) is 8.68. The third-order valence-electron chi connectivity index (χ3n) is 7.15. The number of benzene rings is 4. The van der Waals surface area contributed by atoms with Gasteiger partial charge < -0.3 is 14.2 Å². The molecule has 0 saturated carbocycles. The second kappa shape index (κ2) is 15.2. The van der Waals surface area contributed by atoms with Gasteiger partial charge in [0.1, 0.15) is 24.7 Å². The normalized spacial score (nSPS) is 16.4. The van der Waals surface area contributed by atoms with Gasteiger partial charge in [-0.15, -0.1) is 0 Å². The van der Waals surface area contributed by atoms with Crippen LogP contribution in [0.2, 0.25) is 0 Å². The third-order valence-corrected chi connectivity index (χ3v) is 7.15. The van der Waals surface area contributed by atoms with E-state index in [9.17, 15) is 0 Å². The molecular formula is C35H40N2O3. The molecule has 5 heteroatoms. The summed E-state index contributed by atoms with van der Waals surface area (Å²) in [5.41, 5.74) is 5.06. The molecule has 1 aliphatic rings. The molecule has 0 unspecified atom stereocenters. The Morgan fingerprint density at radius 3 is 1.38 bits per heavy atom. The van der Waals surface area contributed by atoms with E-state index in [2.05, 4.69) is 107 Å². The number of para-hydroxylation sites is 2. The van der Waals surface area contributed by atoms with Gasteiger partial charge in [-0.25, -0.2) is 0 Å². The molecule has 0 N–H and O–H groups in total. The standard InChI is InChI=1S/C35H40N2O3/c1-3-12-30(13-4-1)26-36-20-11-21-37(27-31-14-5-2-6-15-31)29-33-17-8-10-19-35(33)40-25-23-38-22-24-39-34-18-9-7-16-32(34)28-36/h1-10,12-19H,11,20-29H2. The van der Waals surface area contributed by atoms with Crippen LogP contribution in [0.3, 0.4) is 0 Å². The lowest BCUT2D eigenvalue weighted by Crippen LogP contribution is -2.30. The predicted octanol–water partition coefficient (Wildman–Crippen LogP) is 6.57. The molecule has 5 nitrogen and oxygen atoms in total. The van der Waals surface area contributed by atoms with Gasteiger partial charge in [-0.05, 0) is 29.7 Å². The maximum Gasteiger partial charge on any atom is 0.123 e. The van der Waals surface area contributed by atoms with Crippen molar-refractivity contribution >= 4 is 0 Å². The summed E-state index contributed by atoms with van der Waals surface area (Å²) in [6, 6.07) is 38.3. The number of nitrogens with zero attached hydrogens (tertiary/aromatic N) is 2. The van der Waals surface area contributed by atoms with Crippen molar-refractivity contribution in [2.75, 3.05) is 39.5 Å². The monoisotopic (exact) mass is 536 g/mol. The molecule has 1 heterocycles. The van der Waals surface area contributed by atoms with Crippen LogP contribution in [0.1, 0.15) is 28.7 Å². The molecule has 5 rings (SSSR count). The summed E-state index contributed by atoms with van der Waals surface area (Å²) in [6.45, 7) is 7.51. The van der Waals surface area contributed by atoms with Crippen LogP contribution in [0.15, 0.2) is 109 Å². The Morgan fingerprint density at radius 1 is 0.475 bits per heavy atom. The summed E-state index contributed by atoms with van der Waals surface area (Å²) in [5.74, 6) is 1.86. The lowest BCUT2D eigenvalue weighted by atomic mass is 10.1. The van der Waals surface area contributed by atoms with Crippen LogP contribution in [0.4, 0.5) is 0 Å². The summed E-state index contributed by atoms with van der Waals surface area (Å²) >= 11 is 0. The summed E-state index contributed by atoms with van der Waals surface area (Å²) in [4.78, 5) is 5.07. The maximum absolute atomic E-state index is 6.17. The fourth-order valence-electron chi connectivity index (χ4n) is 5.18. The van der Waals surface area contributed by atoms with Crippen molar-refractivity contribution in [1.29, 1.82) is 0 Å². The van der Waals surface area contributed by atoms with Gasteiger partial charge in [-0.3, -0.25) is 9.80 Å². The van der Waals surface area contributed by atoms with E-state index >= 15 is 0 Å². The van der Waals surface area contributed by atoms with Gasteiger partial charge in [-0.1, -0.05) is 97.1 Å². The Balaban J connectivity index is 1.37. The Morgan fingerprint density at radius 2 is 0.900 bits per heavy atom. The lowest BCUT2D eigenvalue weighted by molar-refractivity contribution is 0.0752. The van der Waals surface area contributed by atoms with Crippen molar-refractivity contribution in [3.05, 3.63) is 131 Å². The van der Waals surface area contributed by atoms with Crippen LogP contribution in [0.5, 0.6) is 11.5 Å². The molecule has 208 valence electrons. The number of fused-ring (bicyclic) bond motifs is 2. The molecule has 4 aromatic carbocycles. The van der Waals surface area contributed by atoms with Crippen molar-refractivity contribution < 1.29 is 14.2 Å². The van der Waals surface area contributed by atoms with Crippen molar-refractivity contribution in [2.45, 2.75) is 32.6 Å². The van der Waals surface area contributed by atoms with Crippen molar-refractivity contribution in [3.63, 3.8) is 0 Å². The maximum atomic E-state index is 6.17. The average molecular weight is 537 g/mol. The highest BCUT2D eigenvalue weighted by molar-refractivity contribution is 5.34. The van der Waals surface area contributed by atoms with Crippen molar-refractivity contribution in [3.8, 4) is 11.5 Å². The molecular weight excluding hydrogens is 496 g/mol. The highest BCUT2D eigenvalue weighted by Gasteiger charge is 2.15. The molecule has 0 aliphatic carbocycles. The van der Waals surface area contributed by atoms with E-state index < -0.39 is 0 Å². The first-order valence-corrected chi connectivity index (χ1v) is 14.4. The SMILES string of the molecule is c1ccc(CN2CCCN(Cc3ccccc3)Cc3ccccc3OCCOCCOc3ccccc3C2)cc1. The van der Waals surface area contributed by atoms with E-state index in [1.165, 1.54) is 22.3 Å². The summed E-state index contributed by atoms with van der Waals surface area (Å²) in [5, 5.41) is 0. The highest BCUT2D eigenvalue weighted by Crippen LogP contribution is 2.23. The Kier molecular flexibility index (Phi) is 10.6. The van der Waals surface area contributed by atoms with Gasteiger partial charge in [0.25, 0.3) is 0 Å². The molecule has 0 bridgehead atoms. The van der Waals surface area contributed by atoms with Crippen LogP contribution in [-0.4, -0.2) is 49.3 Å². The van der Waals surface area contributed by atoms with Crippen LogP contribution in [-0.2, 0) is 30.9 Å². The number of rotatable bonds is 4. The molecule has 40 heavy (non-hydrogen) atoms. The average Bonchev–Trinajstić information content (AvgIpc) is 2.99. The first-order chi connectivity index (χ1) is 19.8. The Labute approximate surface area is 238 Å². The largest absolute Gasteiger partial charge is 0.491 e. The first kappa shape index (κ1) is 27.9. The highest BCUT2D eigenvalue weighted by atomic mass is 16.5. The molecule has 0 radical (unpaired) electrons. The second-order valence-electron chi connectivity index (χ2n) is 10.3. The fourth-order valence-corrected chi connectivity index (χ4v) is 5.18. The summed E-state index contributed by atoms with van der Waals surface area (Å²) < 4.78 is 18.2. The van der Waals surface area contributed by atoms with Gasteiger partial charge in [0.05, 0.1) is 13.2 Å². The smallest absolute Gasteiger partial charge is 0.123 e. The molecule has 0 saturated heterocycles. The molecule has 0 fully saturated rings. The molecule has 4 aromatic rings. The van der Waals surface area contributed by atoms with E-state index in [4.69, 9.17) is 14.2 Å². The van der Waals surface area contributed by atoms with Gasteiger partial charge in [0.15, 0.2) is 0 Å². The molecule has 0 spiro atoms. The van der Waals surface area contributed by atoms with E-state index in [1.54, 1.807) is 0 Å². The summed E-state index contributed by atoms with van der Waals surface area (Å²) in [7, 11) is 0. The number of hydrogen-bond donors (Lipinski definition) is 0. The van der Waals surface area contributed by atoms with Crippen molar-refractivity contribution in [2.24, 2.45) is 0 Å². The predicted molar refractivity (Wildman–Crippen MR) is 160 cm³/mol. The lowest BCUT2D eigenvalue weighted by Gasteiger charge is -2.27. The molecule has 0 atom stereocenters. The van der Waals surface area contributed by atoms with Gasteiger partial charge in [-0.2, -0.15) is 0 Å². The van der Waals surface area contributed by atoms with Crippen LogP contribution in [0, 0.1) is 0 Å². The van der Waals surface area contributed by atoms with Crippen LogP contribution < -0.4 is 9.47 Å². The minimum Gasteiger partial charge on any atom is -0.491 e. The molecule has 1 aliphatic heterocycles. The van der Waals surface area contributed by atoms with E-state index in [1.807, 2.05) is 12.1 Å². The zero-order chi connectivity index (χ0) is 27.2. The Hall–Kier alpha value is -3.64.